The molecule has 5 nitrogen and oxygen atoms in total. The summed E-state index contributed by atoms with van der Waals surface area (Å²) in [6, 6.07) is 8.01. The number of carbonyl (C=O) groups is 2. The maximum Gasteiger partial charge on any atom is 0.409 e. The van der Waals surface area contributed by atoms with E-state index in [9.17, 15) is 44.7 Å². The molecule has 0 aliphatic heterocycles. The van der Waals surface area contributed by atoms with Gasteiger partial charge in [0.1, 0.15) is 0 Å². The zero-order chi connectivity index (χ0) is 31.9. The molecule has 2 amide bonds. The standard InChI is InChI=1S/C28H13BrF9N3O2/c29-27(28(36,37)38)10-14(18-20(31)22(33)24(35)23(34)21(18)32)8-9-17(27)41-26(43)15-2-1-3-16(19(15)30)40-25(42)13-6-4-12(11-39)5-7-13/h1-10,17H,(H,40,42)(H,41,43). The molecular formula is C28H13BrF9N3O2. The van der Waals surface area contributed by atoms with Gasteiger partial charge >= 0.3 is 6.18 Å². The third-order valence-electron chi connectivity index (χ3n) is 6.27. The second-order valence-corrected chi connectivity index (χ2v) is 10.2. The van der Waals surface area contributed by atoms with E-state index in [0.717, 1.165) is 18.2 Å². The topological polar surface area (TPSA) is 82.0 Å². The number of hydrogen-bond donors (Lipinski definition) is 2. The molecule has 15 heteroatoms. The lowest BCUT2D eigenvalue weighted by atomic mass is 9.87. The van der Waals surface area contributed by atoms with Crippen molar-refractivity contribution in [3.63, 3.8) is 0 Å². The van der Waals surface area contributed by atoms with E-state index in [-0.39, 0.29) is 17.2 Å². The number of amides is 2. The van der Waals surface area contributed by atoms with Crippen LogP contribution in [-0.2, 0) is 0 Å². The van der Waals surface area contributed by atoms with Crippen LogP contribution in [0.25, 0.3) is 5.57 Å². The molecule has 0 aromatic heterocycles. The Morgan fingerprint density at radius 3 is 1.98 bits per heavy atom. The number of nitrogens with one attached hydrogen (secondary N) is 2. The lowest BCUT2D eigenvalue weighted by Gasteiger charge is -2.36. The average molecular weight is 674 g/mol. The Labute approximate surface area is 244 Å². The molecule has 4 rings (SSSR count). The summed E-state index contributed by atoms with van der Waals surface area (Å²) in [6.45, 7) is 0. The van der Waals surface area contributed by atoms with E-state index in [1.165, 1.54) is 24.3 Å². The summed E-state index contributed by atoms with van der Waals surface area (Å²) in [6.07, 6.45) is -4.07. The summed E-state index contributed by atoms with van der Waals surface area (Å²) < 4.78 is 124. The van der Waals surface area contributed by atoms with Crippen LogP contribution in [0.4, 0.5) is 45.2 Å². The maximum absolute atomic E-state index is 15.2. The van der Waals surface area contributed by atoms with Crippen molar-refractivity contribution >= 4 is 39.0 Å². The molecule has 2 unspecified atom stereocenters. The van der Waals surface area contributed by atoms with Crippen LogP contribution < -0.4 is 10.6 Å². The Morgan fingerprint density at radius 1 is 0.837 bits per heavy atom. The van der Waals surface area contributed by atoms with Gasteiger partial charge in [0, 0.05) is 5.56 Å². The lowest BCUT2D eigenvalue weighted by molar-refractivity contribution is -0.149. The Hall–Kier alpha value is -4.58. The van der Waals surface area contributed by atoms with E-state index in [1.54, 1.807) is 0 Å². The van der Waals surface area contributed by atoms with Crippen molar-refractivity contribution in [1.29, 1.82) is 5.26 Å². The van der Waals surface area contributed by atoms with Gasteiger partial charge in [0.05, 0.1) is 34.5 Å². The summed E-state index contributed by atoms with van der Waals surface area (Å²) in [7, 11) is 0. The molecule has 222 valence electrons. The minimum absolute atomic E-state index is 0.0197. The van der Waals surface area contributed by atoms with Crippen LogP contribution in [0.5, 0.6) is 0 Å². The van der Waals surface area contributed by atoms with Gasteiger partial charge in [0.25, 0.3) is 11.8 Å². The second-order valence-electron chi connectivity index (χ2n) is 8.93. The van der Waals surface area contributed by atoms with Gasteiger partial charge in [-0.05, 0) is 48.0 Å². The van der Waals surface area contributed by atoms with E-state index in [1.807, 2.05) is 11.4 Å². The monoisotopic (exact) mass is 673 g/mol. The highest BCUT2D eigenvalue weighted by Gasteiger charge is 2.57. The number of hydrogen-bond acceptors (Lipinski definition) is 3. The summed E-state index contributed by atoms with van der Waals surface area (Å²) in [5, 5.41) is 13.0. The maximum atomic E-state index is 15.2. The average Bonchev–Trinajstić information content (AvgIpc) is 2.97. The van der Waals surface area contributed by atoms with Gasteiger partial charge in [-0.25, -0.2) is 26.3 Å². The van der Waals surface area contributed by atoms with Gasteiger partial charge in [0.15, 0.2) is 33.4 Å². The van der Waals surface area contributed by atoms with E-state index >= 15 is 4.39 Å². The number of allylic oxidation sites excluding steroid dienone is 2. The molecule has 3 aromatic rings. The fourth-order valence-corrected chi connectivity index (χ4v) is 4.56. The van der Waals surface area contributed by atoms with Crippen LogP contribution in [0.2, 0.25) is 0 Å². The Kier molecular flexibility index (Phi) is 8.46. The molecular weight excluding hydrogens is 661 g/mol. The Bertz CT molecular complexity index is 1720. The van der Waals surface area contributed by atoms with Crippen molar-refractivity contribution in [1.82, 2.24) is 5.32 Å². The number of carbonyl (C=O) groups excluding carboxylic acids is 2. The second kappa shape index (κ2) is 11.6. The van der Waals surface area contributed by atoms with Gasteiger partial charge < -0.3 is 10.6 Å². The minimum Gasteiger partial charge on any atom is -0.344 e. The molecule has 43 heavy (non-hydrogen) atoms. The summed E-state index contributed by atoms with van der Waals surface area (Å²) in [5.74, 6) is -15.6. The van der Waals surface area contributed by atoms with Crippen molar-refractivity contribution in [2.45, 2.75) is 16.5 Å². The van der Waals surface area contributed by atoms with Crippen LogP contribution in [0, 0.1) is 46.2 Å². The number of alkyl halides is 4. The van der Waals surface area contributed by atoms with Crippen LogP contribution >= 0.6 is 15.9 Å². The molecule has 0 heterocycles. The van der Waals surface area contributed by atoms with Crippen LogP contribution in [0.3, 0.4) is 0 Å². The van der Waals surface area contributed by atoms with Gasteiger partial charge in [-0.1, -0.05) is 34.1 Å². The fourth-order valence-electron chi connectivity index (χ4n) is 4.04. The SMILES string of the molecule is N#Cc1ccc(C(=O)Nc2cccc(C(=O)NC3C=CC(c4c(F)c(F)c(F)c(F)c4F)=CC3(Br)C(F)(F)F)c2F)cc1. The highest BCUT2D eigenvalue weighted by atomic mass is 79.9. The quantitative estimate of drug-likeness (QED) is 0.131. The normalized spacial score (nSPS) is 18.1. The Balaban J connectivity index is 1.64. The molecule has 1 aliphatic rings. The van der Waals surface area contributed by atoms with Crippen molar-refractivity contribution in [3.8, 4) is 6.07 Å². The third-order valence-corrected chi connectivity index (χ3v) is 7.45. The van der Waals surface area contributed by atoms with Gasteiger partial charge in [-0.3, -0.25) is 9.59 Å². The minimum atomic E-state index is -5.35. The number of nitrogens with zero attached hydrogens (tertiary/aromatic N) is 1. The molecule has 0 saturated heterocycles. The fraction of sp³-hybridized carbons (Fsp3) is 0.107. The molecule has 0 saturated carbocycles. The van der Waals surface area contributed by atoms with Crippen molar-refractivity contribution in [3.05, 3.63) is 118 Å². The summed E-state index contributed by atoms with van der Waals surface area (Å²) in [5.41, 5.74) is -3.75. The molecule has 1 aliphatic carbocycles. The largest absolute Gasteiger partial charge is 0.409 e. The number of benzene rings is 3. The van der Waals surface area contributed by atoms with E-state index in [4.69, 9.17) is 5.26 Å². The van der Waals surface area contributed by atoms with Crippen LogP contribution in [0.15, 0.2) is 60.7 Å². The van der Waals surface area contributed by atoms with Crippen LogP contribution in [0.1, 0.15) is 31.8 Å². The number of anilines is 1. The smallest absolute Gasteiger partial charge is 0.344 e. The number of halogens is 10. The predicted molar refractivity (Wildman–Crippen MR) is 138 cm³/mol. The molecule has 2 N–H and O–H groups in total. The predicted octanol–water partition coefficient (Wildman–Crippen LogP) is 7.09. The summed E-state index contributed by atoms with van der Waals surface area (Å²) >= 11 is 2.38. The highest BCUT2D eigenvalue weighted by molar-refractivity contribution is 9.10. The first-order valence-corrected chi connectivity index (χ1v) is 12.5. The van der Waals surface area contributed by atoms with Gasteiger partial charge in [-0.2, -0.15) is 18.4 Å². The van der Waals surface area contributed by atoms with Gasteiger partial charge in [0.2, 0.25) is 5.82 Å². The highest BCUT2D eigenvalue weighted by Crippen LogP contribution is 2.47. The van der Waals surface area contributed by atoms with Crippen molar-refractivity contribution < 1.29 is 49.1 Å². The van der Waals surface area contributed by atoms with Crippen molar-refractivity contribution in [2.75, 3.05) is 5.32 Å². The number of rotatable bonds is 5. The first-order valence-electron chi connectivity index (χ1n) is 11.7. The molecule has 0 fully saturated rings. The first kappa shape index (κ1) is 31.4. The third kappa shape index (κ3) is 5.74. The molecule has 2 atom stereocenters. The van der Waals surface area contributed by atoms with E-state index in [0.29, 0.717) is 12.2 Å². The van der Waals surface area contributed by atoms with Crippen LogP contribution in [-0.4, -0.2) is 28.4 Å². The molecule has 0 radical (unpaired) electrons. The van der Waals surface area contributed by atoms with E-state index < -0.39 is 85.6 Å². The molecule has 3 aromatic carbocycles. The molecule has 0 bridgehead atoms. The molecule has 0 spiro atoms. The lowest BCUT2D eigenvalue weighted by Crippen LogP contribution is -2.56. The van der Waals surface area contributed by atoms with Crippen molar-refractivity contribution in [2.24, 2.45) is 0 Å². The number of nitriles is 1. The Morgan fingerprint density at radius 2 is 1.42 bits per heavy atom. The van der Waals surface area contributed by atoms with E-state index in [2.05, 4.69) is 21.2 Å². The zero-order valence-electron chi connectivity index (χ0n) is 20.9. The zero-order valence-corrected chi connectivity index (χ0v) is 22.5. The van der Waals surface area contributed by atoms with Gasteiger partial charge in [-0.15, -0.1) is 0 Å². The summed E-state index contributed by atoms with van der Waals surface area (Å²) in [4.78, 5) is 25.4. The first-order chi connectivity index (χ1) is 20.1.